The van der Waals surface area contributed by atoms with Crippen LogP contribution in [-0.2, 0) is 16.1 Å². The highest BCUT2D eigenvalue weighted by Gasteiger charge is 2.38. The van der Waals surface area contributed by atoms with E-state index in [1.54, 1.807) is 18.2 Å². The second-order valence-corrected chi connectivity index (χ2v) is 8.27. The van der Waals surface area contributed by atoms with Gasteiger partial charge in [0.2, 0.25) is 11.8 Å². The SMILES string of the molecule is CC(C)[C@]1(C)CC(=O)N(Cc2cccc(NC(=O)[C@@H](C)c3ccccc3)n2)C(N)=N1. The lowest BCUT2D eigenvalue weighted by Crippen LogP contribution is -2.51. The molecule has 2 aromatic rings. The summed E-state index contributed by atoms with van der Waals surface area (Å²) in [6.07, 6.45) is 0.302. The summed E-state index contributed by atoms with van der Waals surface area (Å²) < 4.78 is 0. The highest BCUT2D eigenvalue weighted by molar-refractivity contribution is 5.99. The van der Waals surface area contributed by atoms with Crippen LogP contribution in [-0.4, -0.2) is 33.2 Å². The molecule has 7 heteroatoms. The van der Waals surface area contributed by atoms with E-state index in [2.05, 4.69) is 15.3 Å². The van der Waals surface area contributed by atoms with Gasteiger partial charge in [-0.25, -0.2) is 9.98 Å². The van der Waals surface area contributed by atoms with Crippen LogP contribution >= 0.6 is 0 Å². The van der Waals surface area contributed by atoms with Crippen molar-refractivity contribution in [1.29, 1.82) is 0 Å². The molecule has 3 rings (SSSR count). The number of hydrogen-bond acceptors (Lipinski definition) is 5. The van der Waals surface area contributed by atoms with Crippen LogP contribution in [0.25, 0.3) is 0 Å². The number of anilines is 1. The molecule has 0 unspecified atom stereocenters. The van der Waals surface area contributed by atoms with Gasteiger partial charge in [0.25, 0.3) is 0 Å². The van der Waals surface area contributed by atoms with Crippen molar-refractivity contribution in [2.75, 3.05) is 5.32 Å². The monoisotopic (exact) mass is 407 g/mol. The van der Waals surface area contributed by atoms with Crippen molar-refractivity contribution in [2.45, 2.75) is 52.1 Å². The second-order valence-electron chi connectivity index (χ2n) is 8.27. The minimum Gasteiger partial charge on any atom is -0.369 e. The summed E-state index contributed by atoms with van der Waals surface area (Å²) >= 11 is 0. The van der Waals surface area contributed by atoms with Gasteiger partial charge >= 0.3 is 0 Å². The molecule has 158 valence electrons. The first kappa shape index (κ1) is 21.5. The number of nitrogens with one attached hydrogen (secondary N) is 1. The number of aliphatic imine (C=N–C) groups is 1. The molecule has 2 amide bonds. The largest absolute Gasteiger partial charge is 0.369 e. The van der Waals surface area contributed by atoms with Crippen LogP contribution in [0.1, 0.15) is 51.3 Å². The molecule has 0 bridgehead atoms. The van der Waals surface area contributed by atoms with Crippen molar-refractivity contribution >= 4 is 23.6 Å². The maximum Gasteiger partial charge on any atom is 0.232 e. The zero-order valence-corrected chi connectivity index (χ0v) is 17.9. The number of nitrogens with zero attached hydrogens (tertiary/aromatic N) is 3. The lowest BCUT2D eigenvalue weighted by atomic mass is 9.84. The van der Waals surface area contributed by atoms with Gasteiger partial charge in [0, 0.05) is 0 Å². The molecule has 0 saturated carbocycles. The van der Waals surface area contributed by atoms with Crippen LogP contribution in [0.5, 0.6) is 0 Å². The number of aromatic nitrogens is 1. The molecular weight excluding hydrogens is 378 g/mol. The maximum atomic E-state index is 12.7. The van der Waals surface area contributed by atoms with E-state index in [-0.39, 0.29) is 36.2 Å². The Morgan fingerprint density at radius 3 is 2.50 bits per heavy atom. The van der Waals surface area contributed by atoms with Crippen LogP contribution in [0.3, 0.4) is 0 Å². The summed E-state index contributed by atoms with van der Waals surface area (Å²) in [5.41, 5.74) is 7.18. The normalized spacial score (nSPS) is 20.1. The minimum absolute atomic E-state index is 0.0763. The van der Waals surface area contributed by atoms with E-state index in [0.29, 0.717) is 17.9 Å². The van der Waals surface area contributed by atoms with Gasteiger partial charge in [-0.3, -0.25) is 14.5 Å². The molecule has 2 atom stereocenters. The van der Waals surface area contributed by atoms with E-state index in [9.17, 15) is 9.59 Å². The summed E-state index contributed by atoms with van der Waals surface area (Å²) in [6.45, 7) is 8.07. The predicted molar refractivity (Wildman–Crippen MR) is 118 cm³/mol. The Morgan fingerprint density at radius 1 is 1.17 bits per heavy atom. The number of benzene rings is 1. The summed E-state index contributed by atoms with van der Waals surface area (Å²) in [4.78, 5) is 35.8. The number of guanidine groups is 1. The van der Waals surface area contributed by atoms with E-state index in [1.807, 2.05) is 58.0 Å². The average Bonchev–Trinajstić information content (AvgIpc) is 2.71. The number of hydrogen-bond donors (Lipinski definition) is 2. The fraction of sp³-hybridized carbons (Fsp3) is 0.391. The molecule has 2 heterocycles. The van der Waals surface area contributed by atoms with Gasteiger partial charge in [0.1, 0.15) is 5.82 Å². The molecule has 0 radical (unpaired) electrons. The molecule has 1 aromatic carbocycles. The minimum atomic E-state index is -0.492. The van der Waals surface area contributed by atoms with Crippen LogP contribution < -0.4 is 11.1 Å². The van der Waals surface area contributed by atoms with E-state index >= 15 is 0 Å². The Morgan fingerprint density at radius 2 is 1.87 bits per heavy atom. The molecule has 0 saturated heterocycles. The number of nitrogens with two attached hydrogens (primary N) is 1. The lowest BCUT2D eigenvalue weighted by Gasteiger charge is -2.37. The Balaban J connectivity index is 1.72. The number of pyridine rings is 1. The van der Waals surface area contributed by atoms with Crippen molar-refractivity contribution < 1.29 is 9.59 Å². The maximum absolute atomic E-state index is 12.7. The van der Waals surface area contributed by atoms with Crippen molar-refractivity contribution in [3.8, 4) is 0 Å². The van der Waals surface area contributed by atoms with Crippen LogP contribution in [0, 0.1) is 5.92 Å². The standard InChI is InChI=1S/C23H29N5O2/c1-15(2)23(4)13-20(29)28(22(24)27-23)14-18-11-8-12-19(25-18)26-21(30)16(3)17-9-6-5-7-10-17/h5-12,15-16H,13-14H2,1-4H3,(H2,24,27)(H,25,26,30)/t16-,23-/m0/s1. The lowest BCUT2D eigenvalue weighted by molar-refractivity contribution is -0.130. The zero-order valence-electron chi connectivity index (χ0n) is 17.9. The molecule has 3 N–H and O–H groups in total. The van der Waals surface area contributed by atoms with Crippen molar-refractivity contribution in [3.05, 3.63) is 59.8 Å². The molecule has 30 heavy (non-hydrogen) atoms. The van der Waals surface area contributed by atoms with Gasteiger partial charge in [-0.1, -0.05) is 50.2 Å². The second kappa shape index (κ2) is 8.65. The van der Waals surface area contributed by atoms with Gasteiger partial charge < -0.3 is 11.1 Å². The topological polar surface area (TPSA) is 101 Å². The molecule has 1 aromatic heterocycles. The van der Waals surface area contributed by atoms with Gasteiger partial charge in [-0.05, 0) is 37.5 Å². The Kier molecular flexibility index (Phi) is 6.20. The Bertz CT molecular complexity index is 957. The van der Waals surface area contributed by atoms with E-state index < -0.39 is 5.54 Å². The smallest absolute Gasteiger partial charge is 0.232 e. The molecule has 0 spiro atoms. The predicted octanol–water partition coefficient (Wildman–Crippen LogP) is 3.29. The highest BCUT2D eigenvalue weighted by Crippen LogP contribution is 2.30. The van der Waals surface area contributed by atoms with Gasteiger partial charge in [-0.15, -0.1) is 0 Å². The van der Waals surface area contributed by atoms with Crippen LogP contribution in [0.2, 0.25) is 0 Å². The first-order valence-corrected chi connectivity index (χ1v) is 10.2. The summed E-state index contributed by atoms with van der Waals surface area (Å²) in [5, 5.41) is 2.85. The summed E-state index contributed by atoms with van der Waals surface area (Å²) in [6, 6.07) is 14.9. The fourth-order valence-electron chi connectivity index (χ4n) is 3.32. The summed E-state index contributed by atoms with van der Waals surface area (Å²) in [7, 11) is 0. The number of amides is 2. The third-order valence-electron chi connectivity index (χ3n) is 5.77. The van der Waals surface area contributed by atoms with E-state index in [4.69, 9.17) is 5.73 Å². The van der Waals surface area contributed by atoms with Gasteiger partial charge in [0.05, 0.1) is 30.1 Å². The van der Waals surface area contributed by atoms with Crippen molar-refractivity contribution in [3.63, 3.8) is 0 Å². The first-order chi connectivity index (χ1) is 14.2. The van der Waals surface area contributed by atoms with Crippen molar-refractivity contribution in [2.24, 2.45) is 16.6 Å². The molecule has 0 fully saturated rings. The molecule has 7 nitrogen and oxygen atoms in total. The molecule has 1 aliphatic heterocycles. The van der Waals surface area contributed by atoms with Gasteiger partial charge in [0.15, 0.2) is 5.96 Å². The van der Waals surface area contributed by atoms with E-state index in [1.165, 1.54) is 4.90 Å². The molecule has 1 aliphatic rings. The van der Waals surface area contributed by atoms with Crippen LogP contribution in [0.15, 0.2) is 53.5 Å². The van der Waals surface area contributed by atoms with E-state index in [0.717, 1.165) is 5.56 Å². The Hall–Kier alpha value is -3.22. The van der Waals surface area contributed by atoms with Crippen LogP contribution in [0.4, 0.5) is 5.82 Å². The molecule has 0 aliphatic carbocycles. The Labute approximate surface area is 177 Å². The first-order valence-electron chi connectivity index (χ1n) is 10.2. The average molecular weight is 408 g/mol. The quantitative estimate of drug-likeness (QED) is 0.767. The van der Waals surface area contributed by atoms with Gasteiger partial charge in [-0.2, -0.15) is 0 Å². The number of carbonyl (C=O) groups is 2. The summed E-state index contributed by atoms with van der Waals surface area (Å²) in [5.74, 6) is 0.312. The number of carbonyl (C=O) groups excluding carboxylic acids is 2. The number of rotatable bonds is 6. The third kappa shape index (κ3) is 4.67. The third-order valence-corrected chi connectivity index (χ3v) is 5.77. The zero-order chi connectivity index (χ0) is 21.9. The molecular formula is C23H29N5O2. The fourth-order valence-corrected chi connectivity index (χ4v) is 3.32. The van der Waals surface area contributed by atoms with Crippen molar-refractivity contribution in [1.82, 2.24) is 9.88 Å². The highest BCUT2D eigenvalue weighted by atomic mass is 16.2.